The summed E-state index contributed by atoms with van der Waals surface area (Å²) < 4.78 is 39.4. The Labute approximate surface area is 107 Å². The van der Waals surface area contributed by atoms with E-state index in [0.29, 0.717) is 5.69 Å². The van der Waals surface area contributed by atoms with Gasteiger partial charge in [0.2, 0.25) is 0 Å². The van der Waals surface area contributed by atoms with Crippen molar-refractivity contribution < 1.29 is 13.2 Å². The minimum atomic E-state index is -4.30. The maximum Gasteiger partial charge on any atom is 0.416 e. The summed E-state index contributed by atoms with van der Waals surface area (Å²) in [6, 6.07) is 15.5. The van der Waals surface area contributed by atoms with Crippen molar-refractivity contribution in [3.63, 3.8) is 0 Å². The molecule has 3 rings (SSSR count). The molecule has 0 aliphatic heterocycles. The molecule has 0 aliphatic rings. The molecule has 95 valence electrons. The van der Waals surface area contributed by atoms with Crippen LogP contribution in [-0.4, -0.2) is 4.57 Å². The van der Waals surface area contributed by atoms with Crippen LogP contribution in [0.2, 0.25) is 0 Å². The molecule has 0 N–H and O–H groups in total. The molecule has 1 radical (unpaired) electrons. The van der Waals surface area contributed by atoms with Crippen LogP contribution in [0, 0.1) is 6.07 Å². The molecular weight excluding hydrogens is 251 g/mol. The van der Waals surface area contributed by atoms with Gasteiger partial charge in [0.05, 0.1) is 11.1 Å². The lowest BCUT2D eigenvalue weighted by Gasteiger charge is -2.09. The Morgan fingerprint density at radius 1 is 0.947 bits per heavy atom. The summed E-state index contributed by atoms with van der Waals surface area (Å²) in [4.78, 5) is 0. The van der Waals surface area contributed by atoms with Crippen molar-refractivity contribution in [2.24, 2.45) is 0 Å². The second kappa shape index (κ2) is 4.16. The van der Waals surface area contributed by atoms with Crippen LogP contribution in [0.25, 0.3) is 16.6 Å². The zero-order chi connectivity index (χ0) is 13.5. The molecule has 0 aliphatic carbocycles. The van der Waals surface area contributed by atoms with E-state index in [-0.39, 0.29) is 0 Å². The largest absolute Gasteiger partial charge is 0.416 e. The number of benzene rings is 2. The van der Waals surface area contributed by atoms with Gasteiger partial charge in [-0.3, -0.25) is 0 Å². The summed E-state index contributed by atoms with van der Waals surface area (Å²) in [6.45, 7) is 0. The molecule has 0 spiro atoms. The minimum Gasteiger partial charge on any atom is -0.317 e. The Morgan fingerprint density at radius 2 is 1.68 bits per heavy atom. The molecule has 0 bridgehead atoms. The highest BCUT2D eigenvalue weighted by Gasteiger charge is 2.29. The first-order valence-electron chi connectivity index (χ1n) is 5.70. The van der Waals surface area contributed by atoms with Crippen LogP contribution in [0.4, 0.5) is 13.2 Å². The fraction of sp³-hybridized carbons (Fsp3) is 0.0667. The average Bonchev–Trinajstić information content (AvgIpc) is 2.82. The van der Waals surface area contributed by atoms with Gasteiger partial charge < -0.3 is 4.57 Å². The highest BCUT2D eigenvalue weighted by Crippen LogP contribution is 2.30. The lowest BCUT2D eigenvalue weighted by Crippen LogP contribution is -2.04. The Morgan fingerprint density at radius 3 is 2.37 bits per heavy atom. The first-order valence-corrected chi connectivity index (χ1v) is 5.70. The van der Waals surface area contributed by atoms with E-state index in [2.05, 4.69) is 6.07 Å². The van der Waals surface area contributed by atoms with Gasteiger partial charge in [-0.1, -0.05) is 6.07 Å². The van der Waals surface area contributed by atoms with E-state index in [1.165, 1.54) is 12.1 Å². The van der Waals surface area contributed by atoms with E-state index in [1.54, 1.807) is 6.07 Å². The predicted molar refractivity (Wildman–Crippen MR) is 67.1 cm³/mol. The molecule has 0 saturated carbocycles. The summed E-state index contributed by atoms with van der Waals surface area (Å²) in [5, 5.41) is 1.00. The number of fused-ring (bicyclic) bond motifs is 1. The van der Waals surface area contributed by atoms with E-state index >= 15 is 0 Å². The fourth-order valence-electron chi connectivity index (χ4n) is 2.06. The van der Waals surface area contributed by atoms with E-state index in [4.69, 9.17) is 0 Å². The van der Waals surface area contributed by atoms with Crippen molar-refractivity contribution in [3.05, 3.63) is 66.4 Å². The summed E-state index contributed by atoms with van der Waals surface area (Å²) >= 11 is 0. The topological polar surface area (TPSA) is 4.93 Å². The van der Waals surface area contributed by atoms with Gasteiger partial charge >= 0.3 is 6.18 Å². The van der Waals surface area contributed by atoms with Crippen LogP contribution in [0.5, 0.6) is 0 Å². The minimum absolute atomic E-state index is 0.638. The van der Waals surface area contributed by atoms with Crippen LogP contribution in [0.3, 0.4) is 0 Å². The number of nitrogens with zero attached hydrogens (tertiary/aromatic N) is 1. The van der Waals surface area contributed by atoms with Crippen LogP contribution in [0.1, 0.15) is 5.56 Å². The number of rotatable bonds is 1. The molecule has 0 amide bonds. The number of hydrogen-bond acceptors (Lipinski definition) is 0. The third kappa shape index (κ3) is 2.10. The van der Waals surface area contributed by atoms with Gasteiger partial charge in [-0.2, -0.15) is 13.2 Å². The molecule has 2 aromatic carbocycles. The van der Waals surface area contributed by atoms with E-state index in [9.17, 15) is 13.2 Å². The summed E-state index contributed by atoms with van der Waals surface area (Å²) in [7, 11) is 0. The third-order valence-electron chi connectivity index (χ3n) is 3.01. The zero-order valence-electron chi connectivity index (χ0n) is 9.78. The molecule has 19 heavy (non-hydrogen) atoms. The zero-order valence-corrected chi connectivity index (χ0v) is 9.78. The van der Waals surface area contributed by atoms with Crippen molar-refractivity contribution in [2.45, 2.75) is 6.18 Å². The molecule has 3 aromatic rings. The van der Waals surface area contributed by atoms with Gasteiger partial charge in [-0.05, 0) is 48.5 Å². The lowest BCUT2D eigenvalue weighted by atomic mass is 10.2. The van der Waals surface area contributed by atoms with Crippen molar-refractivity contribution in [1.29, 1.82) is 0 Å². The van der Waals surface area contributed by atoms with Crippen molar-refractivity contribution in [1.82, 2.24) is 4.57 Å². The molecule has 0 unspecified atom stereocenters. The van der Waals surface area contributed by atoms with Crippen molar-refractivity contribution >= 4 is 10.9 Å². The second-order valence-corrected chi connectivity index (χ2v) is 4.22. The van der Waals surface area contributed by atoms with Gasteiger partial charge in [0, 0.05) is 17.3 Å². The highest BCUT2D eigenvalue weighted by atomic mass is 19.4. The van der Waals surface area contributed by atoms with Crippen molar-refractivity contribution in [3.8, 4) is 5.69 Å². The molecule has 1 heterocycles. The monoisotopic (exact) mass is 260 g/mol. The first kappa shape index (κ1) is 11.8. The summed E-state index contributed by atoms with van der Waals surface area (Å²) in [5.74, 6) is 0. The van der Waals surface area contributed by atoms with Crippen LogP contribution in [0.15, 0.2) is 54.7 Å². The Balaban J connectivity index is 2.07. The van der Waals surface area contributed by atoms with E-state index in [0.717, 1.165) is 23.0 Å². The summed E-state index contributed by atoms with van der Waals surface area (Å²) in [5.41, 5.74) is 1.01. The number of alkyl halides is 3. The number of aromatic nitrogens is 1. The average molecular weight is 260 g/mol. The molecule has 1 nitrogen and oxygen atoms in total. The Hall–Kier alpha value is -2.23. The van der Waals surface area contributed by atoms with Crippen LogP contribution >= 0.6 is 0 Å². The summed E-state index contributed by atoms with van der Waals surface area (Å²) in [6.07, 6.45) is -2.46. The quantitative estimate of drug-likeness (QED) is 0.609. The maximum absolute atomic E-state index is 12.5. The van der Waals surface area contributed by atoms with Gasteiger partial charge in [-0.15, -0.1) is 0 Å². The molecule has 0 saturated heterocycles. The van der Waals surface area contributed by atoms with Gasteiger partial charge in [0.1, 0.15) is 0 Å². The van der Waals surface area contributed by atoms with E-state index < -0.39 is 11.7 Å². The molecule has 0 fully saturated rings. The number of halogens is 3. The van der Waals surface area contributed by atoms with Crippen LogP contribution < -0.4 is 0 Å². The van der Waals surface area contributed by atoms with Crippen molar-refractivity contribution in [2.75, 3.05) is 0 Å². The lowest BCUT2D eigenvalue weighted by molar-refractivity contribution is -0.137. The van der Waals surface area contributed by atoms with E-state index in [1.807, 2.05) is 29.0 Å². The Bertz CT molecular complexity index is 708. The first-order chi connectivity index (χ1) is 9.05. The molecule has 4 heteroatoms. The van der Waals surface area contributed by atoms with Gasteiger partial charge in [-0.25, -0.2) is 0 Å². The Kier molecular flexibility index (Phi) is 2.59. The van der Waals surface area contributed by atoms with Gasteiger partial charge in [0.25, 0.3) is 0 Å². The molecule has 0 atom stereocenters. The number of hydrogen-bond donors (Lipinski definition) is 0. The van der Waals surface area contributed by atoms with Crippen LogP contribution in [-0.2, 0) is 6.18 Å². The standard InChI is InChI=1S/C15H9F3N/c16-15(17,18)12-5-7-13(8-6-12)19-10-9-11-3-1-2-4-14(11)19/h2-10H. The van der Waals surface area contributed by atoms with Gasteiger partial charge in [0.15, 0.2) is 0 Å². The fourth-order valence-corrected chi connectivity index (χ4v) is 2.06. The molecular formula is C15H9F3N. The smallest absolute Gasteiger partial charge is 0.317 e. The predicted octanol–water partition coefficient (Wildman–Crippen LogP) is 4.45. The SMILES string of the molecule is FC(F)(F)c1ccc(-n2ccc3c[c]ccc32)cc1. The third-order valence-corrected chi connectivity index (χ3v) is 3.01. The molecule has 1 aromatic heterocycles. The normalized spacial score (nSPS) is 11.9. The second-order valence-electron chi connectivity index (χ2n) is 4.22. The maximum atomic E-state index is 12.5. The highest BCUT2D eigenvalue weighted by molar-refractivity contribution is 5.81.